The van der Waals surface area contributed by atoms with Gasteiger partial charge in [0.25, 0.3) is 5.91 Å². The lowest BCUT2D eigenvalue weighted by Crippen LogP contribution is -2.62. The van der Waals surface area contributed by atoms with Crippen molar-refractivity contribution in [2.75, 3.05) is 0 Å². The SMILES string of the molecule is Cc1c(O[C@H](C)C(=O)NC2CC(C)(C)NC(C)(C)C2)ccc2c3c(c(=O)oc12)CCC3. The molecule has 2 heterocycles. The molecule has 1 amide bonds. The van der Waals surface area contributed by atoms with E-state index in [2.05, 4.69) is 38.3 Å². The molecule has 1 atom stereocenters. The van der Waals surface area contributed by atoms with Crippen molar-refractivity contribution in [3.8, 4) is 5.75 Å². The highest BCUT2D eigenvalue weighted by Gasteiger charge is 2.38. The molecule has 6 heteroatoms. The van der Waals surface area contributed by atoms with Gasteiger partial charge in [-0.15, -0.1) is 0 Å². The Morgan fingerprint density at radius 3 is 2.48 bits per heavy atom. The van der Waals surface area contributed by atoms with Gasteiger partial charge in [0, 0.05) is 33.6 Å². The van der Waals surface area contributed by atoms with Crippen LogP contribution in [0.3, 0.4) is 0 Å². The molecule has 2 N–H and O–H groups in total. The molecule has 168 valence electrons. The van der Waals surface area contributed by atoms with Crippen LogP contribution in [0.5, 0.6) is 5.75 Å². The van der Waals surface area contributed by atoms with Crippen LogP contribution in [-0.2, 0) is 17.6 Å². The topological polar surface area (TPSA) is 80.6 Å². The number of rotatable bonds is 4. The fourth-order valence-corrected chi connectivity index (χ4v) is 5.58. The van der Waals surface area contributed by atoms with E-state index < -0.39 is 6.10 Å². The highest BCUT2D eigenvalue weighted by molar-refractivity contribution is 5.86. The molecule has 1 aliphatic carbocycles. The maximum Gasteiger partial charge on any atom is 0.339 e. The van der Waals surface area contributed by atoms with Crippen molar-refractivity contribution in [2.45, 2.75) is 96.9 Å². The van der Waals surface area contributed by atoms with E-state index in [9.17, 15) is 9.59 Å². The van der Waals surface area contributed by atoms with Crippen LogP contribution < -0.4 is 21.0 Å². The fraction of sp³-hybridized carbons (Fsp3) is 0.600. The number of benzene rings is 1. The Bertz CT molecular complexity index is 1070. The predicted molar refractivity (Wildman–Crippen MR) is 122 cm³/mol. The lowest BCUT2D eigenvalue weighted by molar-refractivity contribution is -0.128. The molecule has 31 heavy (non-hydrogen) atoms. The smallest absolute Gasteiger partial charge is 0.339 e. The van der Waals surface area contributed by atoms with Crippen LogP contribution in [0.25, 0.3) is 11.0 Å². The van der Waals surface area contributed by atoms with Gasteiger partial charge in [0.2, 0.25) is 0 Å². The minimum atomic E-state index is -0.654. The Morgan fingerprint density at radius 2 is 1.81 bits per heavy atom. The predicted octanol–water partition coefficient (Wildman–Crippen LogP) is 3.78. The van der Waals surface area contributed by atoms with E-state index in [1.807, 2.05) is 19.1 Å². The molecule has 1 fully saturated rings. The molecule has 1 saturated heterocycles. The average molecular weight is 427 g/mol. The quantitative estimate of drug-likeness (QED) is 0.727. The largest absolute Gasteiger partial charge is 0.480 e. The summed E-state index contributed by atoms with van der Waals surface area (Å²) < 4.78 is 11.7. The second-order valence-electron chi connectivity index (χ2n) is 10.5. The van der Waals surface area contributed by atoms with Gasteiger partial charge in [-0.3, -0.25) is 4.79 Å². The van der Waals surface area contributed by atoms with Crippen LogP contribution >= 0.6 is 0 Å². The van der Waals surface area contributed by atoms with E-state index in [4.69, 9.17) is 9.15 Å². The average Bonchev–Trinajstić information content (AvgIpc) is 3.12. The van der Waals surface area contributed by atoms with Crippen molar-refractivity contribution in [2.24, 2.45) is 0 Å². The van der Waals surface area contributed by atoms with E-state index in [1.165, 1.54) is 0 Å². The summed E-state index contributed by atoms with van der Waals surface area (Å²) >= 11 is 0. The van der Waals surface area contributed by atoms with Gasteiger partial charge in [-0.05, 0) is 91.3 Å². The Labute approximate surface area is 183 Å². The van der Waals surface area contributed by atoms with E-state index in [0.717, 1.165) is 54.2 Å². The molecule has 0 spiro atoms. The Balaban J connectivity index is 1.51. The van der Waals surface area contributed by atoms with Gasteiger partial charge >= 0.3 is 5.63 Å². The van der Waals surface area contributed by atoms with Crippen LogP contribution in [0.2, 0.25) is 0 Å². The molecule has 2 aromatic rings. The van der Waals surface area contributed by atoms with E-state index in [1.54, 1.807) is 6.92 Å². The molecular formula is C25H34N2O4. The number of hydrogen-bond donors (Lipinski definition) is 2. The first-order valence-corrected chi connectivity index (χ1v) is 11.3. The first kappa shape index (κ1) is 21.9. The van der Waals surface area contributed by atoms with Gasteiger partial charge in [0.15, 0.2) is 6.10 Å². The summed E-state index contributed by atoms with van der Waals surface area (Å²) in [6.07, 6.45) is 3.74. The normalized spacial score (nSPS) is 21.0. The van der Waals surface area contributed by atoms with Crippen LogP contribution in [0.4, 0.5) is 0 Å². The van der Waals surface area contributed by atoms with Crippen LogP contribution in [0.15, 0.2) is 21.3 Å². The molecule has 1 aliphatic heterocycles. The van der Waals surface area contributed by atoms with Gasteiger partial charge in [-0.2, -0.15) is 0 Å². The lowest BCUT2D eigenvalue weighted by Gasteiger charge is -2.46. The van der Waals surface area contributed by atoms with Crippen molar-refractivity contribution in [1.82, 2.24) is 10.6 Å². The van der Waals surface area contributed by atoms with Crippen molar-refractivity contribution in [3.63, 3.8) is 0 Å². The summed E-state index contributed by atoms with van der Waals surface area (Å²) in [6.45, 7) is 12.3. The molecule has 1 aromatic heterocycles. The monoisotopic (exact) mass is 426 g/mol. The number of hydrogen-bond acceptors (Lipinski definition) is 5. The fourth-order valence-electron chi connectivity index (χ4n) is 5.58. The van der Waals surface area contributed by atoms with Gasteiger partial charge in [-0.1, -0.05) is 0 Å². The number of fused-ring (bicyclic) bond motifs is 3. The molecule has 0 saturated carbocycles. The molecule has 4 rings (SSSR count). The third kappa shape index (κ3) is 4.36. The molecule has 6 nitrogen and oxygen atoms in total. The van der Waals surface area contributed by atoms with Gasteiger partial charge in [-0.25, -0.2) is 4.79 Å². The summed E-state index contributed by atoms with van der Waals surface area (Å²) in [5, 5.41) is 7.78. The first-order valence-electron chi connectivity index (χ1n) is 11.3. The zero-order chi connectivity index (χ0) is 22.6. The lowest BCUT2D eigenvalue weighted by atomic mass is 9.79. The molecular weight excluding hydrogens is 392 g/mol. The van der Waals surface area contributed by atoms with Crippen molar-refractivity contribution in [3.05, 3.63) is 39.2 Å². The molecule has 2 aliphatic rings. The minimum absolute atomic E-state index is 0.0451. The standard InChI is InChI=1S/C25H34N2O4/c1-14-20(11-10-18-17-8-7-9-19(17)23(29)31-21(14)18)30-15(2)22(28)26-16-12-24(3,4)27-25(5,6)13-16/h10-11,15-16,27H,7-9,12-13H2,1-6H3,(H,26,28)/t15-/m1/s1. The number of piperidine rings is 1. The summed E-state index contributed by atoms with van der Waals surface area (Å²) in [6, 6.07) is 3.92. The van der Waals surface area contributed by atoms with Crippen LogP contribution in [0, 0.1) is 6.92 Å². The summed E-state index contributed by atoms with van der Waals surface area (Å²) in [5.74, 6) is 0.440. The Kier molecular flexibility index (Phi) is 5.41. The zero-order valence-electron chi connectivity index (χ0n) is 19.5. The molecule has 1 aromatic carbocycles. The summed E-state index contributed by atoms with van der Waals surface area (Å²) in [4.78, 5) is 25.3. The van der Waals surface area contributed by atoms with Crippen molar-refractivity contribution < 1.29 is 13.9 Å². The van der Waals surface area contributed by atoms with Gasteiger partial charge < -0.3 is 19.8 Å². The van der Waals surface area contributed by atoms with E-state index in [0.29, 0.717) is 11.3 Å². The summed E-state index contributed by atoms with van der Waals surface area (Å²) in [5.41, 5.74) is 2.89. The zero-order valence-corrected chi connectivity index (χ0v) is 19.5. The van der Waals surface area contributed by atoms with E-state index >= 15 is 0 Å². The highest BCUT2D eigenvalue weighted by Crippen LogP contribution is 2.33. The number of amides is 1. The van der Waals surface area contributed by atoms with Crippen LogP contribution in [-0.4, -0.2) is 29.1 Å². The van der Waals surface area contributed by atoms with Gasteiger partial charge in [0.05, 0.1) is 0 Å². The Hall–Kier alpha value is -2.34. The maximum absolute atomic E-state index is 12.9. The van der Waals surface area contributed by atoms with Crippen molar-refractivity contribution in [1.29, 1.82) is 0 Å². The number of nitrogens with one attached hydrogen (secondary N) is 2. The molecule has 0 radical (unpaired) electrons. The number of carbonyl (C=O) groups is 1. The van der Waals surface area contributed by atoms with Crippen molar-refractivity contribution >= 4 is 16.9 Å². The number of aryl methyl sites for hydroxylation is 2. The second-order valence-corrected chi connectivity index (χ2v) is 10.5. The first-order chi connectivity index (χ1) is 14.5. The summed E-state index contributed by atoms with van der Waals surface area (Å²) in [7, 11) is 0. The minimum Gasteiger partial charge on any atom is -0.480 e. The Morgan fingerprint density at radius 1 is 1.16 bits per heavy atom. The second kappa shape index (κ2) is 7.66. The molecule has 0 bridgehead atoms. The van der Waals surface area contributed by atoms with Gasteiger partial charge in [0.1, 0.15) is 11.3 Å². The number of ether oxygens (including phenoxy) is 1. The van der Waals surface area contributed by atoms with E-state index in [-0.39, 0.29) is 28.7 Å². The van der Waals surface area contributed by atoms with Crippen LogP contribution in [0.1, 0.15) is 70.6 Å². The third-order valence-electron chi connectivity index (χ3n) is 6.55. The number of carbonyl (C=O) groups excluding carboxylic acids is 1. The third-order valence-corrected chi connectivity index (χ3v) is 6.55. The highest BCUT2D eigenvalue weighted by atomic mass is 16.5. The maximum atomic E-state index is 12.9. The molecule has 0 unspecified atom stereocenters.